The normalized spacial score (nSPS) is 13.7. The maximum Gasteiger partial charge on any atom is 0.122 e. The second-order valence-electron chi connectivity index (χ2n) is 5.34. The molecule has 2 aromatic carbocycles. The molecule has 0 fully saturated rings. The summed E-state index contributed by atoms with van der Waals surface area (Å²) in [4.78, 5) is 0. The van der Waals surface area contributed by atoms with Crippen LogP contribution in [0.15, 0.2) is 48.5 Å². The molecule has 2 rings (SSSR count). The van der Waals surface area contributed by atoms with Gasteiger partial charge in [-0.2, -0.15) is 0 Å². The monoisotopic (exact) mass is 285 g/mol. The Labute approximate surface area is 126 Å². The van der Waals surface area contributed by atoms with E-state index in [0.29, 0.717) is 6.61 Å². The van der Waals surface area contributed by atoms with Crippen molar-refractivity contribution in [3.05, 3.63) is 65.2 Å². The quantitative estimate of drug-likeness (QED) is 0.857. The molecule has 0 amide bonds. The molecule has 0 aliphatic rings. The van der Waals surface area contributed by atoms with Gasteiger partial charge in [0.05, 0.1) is 6.61 Å². The van der Waals surface area contributed by atoms with E-state index in [0.717, 1.165) is 16.9 Å². The van der Waals surface area contributed by atoms with Crippen molar-refractivity contribution in [2.75, 3.05) is 20.3 Å². The summed E-state index contributed by atoms with van der Waals surface area (Å²) in [6.45, 7) is 4.45. The van der Waals surface area contributed by atoms with Gasteiger partial charge in [0, 0.05) is 0 Å². The van der Waals surface area contributed by atoms with E-state index in [1.807, 2.05) is 56.4 Å². The number of aliphatic hydroxyl groups excluding tert-OH is 1. The summed E-state index contributed by atoms with van der Waals surface area (Å²) in [5, 5.41) is 13.1. The Kier molecular flexibility index (Phi) is 4.99. The summed E-state index contributed by atoms with van der Waals surface area (Å²) in [6.07, 6.45) is 0. The third kappa shape index (κ3) is 3.26. The average Bonchev–Trinajstić information content (AvgIpc) is 2.53. The van der Waals surface area contributed by atoms with Crippen molar-refractivity contribution in [2.45, 2.75) is 19.4 Å². The fourth-order valence-electron chi connectivity index (χ4n) is 2.35. The van der Waals surface area contributed by atoms with Gasteiger partial charge in [0.25, 0.3) is 0 Å². The number of ether oxygens (including phenoxy) is 1. The van der Waals surface area contributed by atoms with Crippen molar-refractivity contribution in [3.63, 3.8) is 0 Å². The molecule has 0 aliphatic carbocycles. The highest BCUT2D eigenvalue weighted by atomic mass is 16.5. The standard InChI is InChI=1S/C18H23NO2/c1-14-8-7-11-17(15(14)2)21-13-18(12-20,19-3)16-9-5-4-6-10-16/h4-11,19-20H,12-13H2,1-3H3. The summed E-state index contributed by atoms with van der Waals surface area (Å²) in [7, 11) is 1.84. The van der Waals surface area contributed by atoms with Crippen LogP contribution in [-0.4, -0.2) is 25.4 Å². The second kappa shape index (κ2) is 6.74. The first-order valence-electron chi connectivity index (χ1n) is 7.17. The molecule has 0 aromatic heterocycles. The predicted octanol–water partition coefficient (Wildman–Crippen LogP) is 2.79. The van der Waals surface area contributed by atoms with E-state index in [1.54, 1.807) is 0 Å². The lowest BCUT2D eigenvalue weighted by molar-refractivity contribution is 0.107. The zero-order chi connectivity index (χ0) is 15.3. The van der Waals surface area contributed by atoms with Crippen molar-refractivity contribution in [2.24, 2.45) is 0 Å². The van der Waals surface area contributed by atoms with Crippen LogP contribution in [0, 0.1) is 13.8 Å². The lowest BCUT2D eigenvalue weighted by Crippen LogP contribution is -2.48. The summed E-state index contributed by atoms with van der Waals surface area (Å²) in [5.41, 5.74) is 2.75. The van der Waals surface area contributed by atoms with Gasteiger partial charge in [-0.25, -0.2) is 0 Å². The van der Waals surface area contributed by atoms with Crippen molar-refractivity contribution < 1.29 is 9.84 Å². The predicted molar refractivity (Wildman–Crippen MR) is 85.7 cm³/mol. The molecule has 3 nitrogen and oxygen atoms in total. The summed E-state index contributed by atoms with van der Waals surface area (Å²) >= 11 is 0. The van der Waals surface area contributed by atoms with E-state index in [9.17, 15) is 5.11 Å². The number of aryl methyl sites for hydroxylation is 1. The minimum atomic E-state index is -0.600. The molecule has 0 saturated carbocycles. The second-order valence-corrected chi connectivity index (χ2v) is 5.34. The van der Waals surface area contributed by atoms with Gasteiger partial charge in [0.2, 0.25) is 0 Å². The molecule has 0 spiro atoms. The van der Waals surface area contributed by atoms with E-state index in [2.05, 4.69) is 18.3 Å². The minimum Gasteiger partial charge on any atom is -0.491 e. The number of hydrogen-bond acceptors (Lipinski definition) is 3. The van der Waals surface area contributed by atoms with Crippen LogP contribution in [0.4, 0.5) is 0 Å². The van der Waals surface area contributed by atoms with E-state index in [4.69, 9.17) is 4.74 Å². The molecule has 2 aromatic rings. The molecule has 3 heteroatoms. The van der Waals surface area contributed by atoms with Crippen molar-refractivity contribution in [1.82, 2.24) is 5.32 Å². The van der Waals surface area contributed by atoms with E-state index in [-0.39, 0.29) is 6.61 Å². The number of likely N-dealkylation sites (N-methyl/N-ethyl adjacent to an activating group) is 1. The van der Waals surface area contributed by atoms with Gasteiger partial charge < -0.3 is 15.2 Å². The molecule has 21 heavy (non-hydrogen) atoms. The molecule has 0 aliphatic heterocycles. The lowest BCUT2D eigenvalue weighted by Gasteiger charge is -2.32. The highest BCUT2D eigenvalue weighted by Crippen LogP contribution is 2.25. The Hall–Kier alpha value is -1.84. The van der Waals surface area contributed by atoms with E-state index in [1.165, 1.54) is 5.56 Å². The zero-order valence-electron chi connectivity index (χ0n) is 12.9. The van der Waals surface area contributed by atoms with E-state index >= 15 is 0 Å². The minimum absolute atomic E-state index is 0.0294. The fourth-order valence-corrected chi connectivity index (χ4v) is 2.35. The van der Waals surface area contributed by atoms with Crippen molar-refractivity contribution in [1.29, 1.82) is 0 Å². The largest absolute Gasteiger partial charge is 0.491 e. The number of rotatable bonds is 6. The van der Waals surface area contributed by atoms with Gasteiger partial charge in [-0.3, -0.25) is 0 Å². The first-order valence-corrected chi connectivity index (χ1v) is 7.17. The van der Waals surface area contributed by atoms with Gasteiger partial charge >= 0.3 is 0 Å². The fraction of sp³-hybridized carbons (Fsp3) is 0.333. The summed E-state index contributed by atoms with van der Waals surface area (Å²) in [6, 6.07) is 15.9. The SMILES string of the molecule is CNC(CO)(COc1cccc(C)c1C)c1ccccc1. The van der Waals surface area contributed by atoms with Gasteiger partial charge in [-0.15, -0.1) is 0 Å². The van der Waals surface area contributed by atoms with Crippen LogP contribution in [0.3, 0.4) is 0 Å². The number of aliphatic hydroxyl groups is 1. The van der Waals surface area contributed by atoms with E-state index < -0.39 is 5.54 Å². The Bertz CT molecular complexity index is 577. The number of benzene rings is 2. The Morgan fingerprint density at radius 3 is 2.38 bits per heavy atom. The average molecular weight is 285 g/mol. The highest BCUT2D eigenvalue weighted by Gasteiger charge is 2.30. The van der Waals surface area contributed by atoms with Crippen LogP contribution in [0.1, 0.15) is 16.7 Å². The third-order valence-electron chi connectivity index (χ3n) is 4.10. The first-order chi connectivity index (χ1) is 10.1. The van der Waals surface area contributed by atoms with Crippen molar-refractivity contribution in [3.8, 4) is 5.75 Å². The van der Waals surface area contributed by atoms with Crippen LogP contribution < -0.4 is 10.1 Å². The molecule has 0 saturated heterocycles. The Morgan fingerprint density at radius 2 is 1.76 bits per heavy atom. The maximum absolute atomic E-state index is 9.89. The maximum atomic E-state index is 9.89. The number of hydrogen-bond donors (Lipinski definition) is 2. The Morgan fingerprint density at radius 1 is 1.05 bits per heavy atom. The molecule has 2 N–H and O–H groups in total. The smallest absolute Gasteiger partial charge is 0.122 e. The molecule has 1 atom stereocenters. The van der Waals surface area contributed by atoms with Gasteiger partial charge in [0.1, 0.15) is 17.9 Å². The van der Waals surface area contributed by atoms with Crippen LogP contribution in [0.25, 0.3) is 0 Å². The summed E-state index contributed by atoms with van der Waals surface area (Å²) < 4.78 is 6.00. The molecule has 0 radical (unpaired) electrons. The molecule has 1 unspecified atom stereocenters. The molecule has 0 heterocycles. The molecular weight excluding hydrogens is 262 g/mol. The molecular formula is C18H23NO2. The number of nitrogens with one attached hydrogen (secondary N) is 1. The topological polar surface area (TPSA) is 41.5 Å². The molecule has 112 valence electrons. The Balaban J connectivity index is 2.23. The van der Waals surface area contributed by atoms with Gasteiger partial charge in [0.15, 0.2) is 0 Å². The van der Waals surface area contributed by atoms with Crippen LogP contribution in [0.2, 0.25) is 0 Å². The van der Waals surface area contributed by atoms with Gasteiger partial charge in [-0.1, -0.05) is 42.5 Å². The zero-order valence-corrected chi connectivity index (χ0v) is 12.9. The van der Waals surface area contributed by atoms with Crippen LogP contribution >= 0.6 is 0 Å². The van der Waals surface area contributed by atoms with Crippen LogP contribution in [-0.2, 0) is 5.54 Å². The van der Waals surface area contributed by atoms with Crippen molar-refractivity contribution >= 4 is 0 Å². The van der Waals surface area contributed by atoms with Crippen LogP contribution in [0.5, 0.6) is 5.75 Å². The van der Waals surface area contributed by atoms with Gasteiger partial charge in [-0.05, 0) is 43.7 Å². The lowest BCUT2D eigenvalue weighted by atomic mass is 9.91. The highest BCUT2D eigenvalue weighted by molar-refractivity contribution is 5.38. The molecule has 0 bridgehead atoms. The third-order valence-corrected chi connectivity index (χ3v) is 4.10. The summed E-state index contributed by atoms with van der Waals surface area (Å²) in [5.74, 6) is 0.860. The first kappa shape index (κ1) is 15.5.